The number of aryl methyl sites for hydroxylation is 1. The molecular weight excluding hydrogens is 192 g/mol. The van der Waals surface area contributed by atoms with Crippen LogP contribution in [0, 0.1) is 0 Å². The van der Waals surface area contributed by atoms with Crippen molar-refractivity contribution < 1.29 is 4.79 Å². The highest BCUT2D eigenvalue weighted by molar-refractivity contribution is 5.83. The van der Waals surface area contributed by atoms with Gasteiger partial charge in [0.25, 0.3) is 0 Å². The molecule has 1 aromatic heterocycles. The molecule has 0 bridgehead atoms. The minimum Gasteiger partial charge on any atom is -0.371 e. The van der Waals surface area contributed by atoms with E-state index in [1.165, 1.54) is 0 Å². The van der Waals surface area contributed by atoms with Gasteiger partial charge in [0.2, 0.25) is 5.91 Å². The van der Waals surface area contributed by atoms with Crippen LogP contribution in [0.15, 0.2) is 12.4 Å². The summed E-state index contributed by atoms with van der Waals surface area (Å²) in [5.74, 6) is 0.0145. The van der Waals surface area contributed by atoms with Crippen molar-refractivity contribution >= 4 is 11.6 Å². The van der Waals surface area contributed by atoms with Gasteiger partial charge in [-0.05, 0) is 13.3 Å². The number of amides is 1. The zero-order valence-electron chi connectivity index (χ0n) is 9.45. The number of carbonyl (C=O) groups excluding carboxylic acids is 1. The molecule has 0 aliphatic carbocycles. The Morgan fingerprint density at radius 2 is 2.40 bits per heavy atom. The first-order valence-corrected chi connectivity index (χ1v) is 5.16. The van der Waals surface area contributed by atoms with Gasteiger partial charge in [-0.3, -0.25) is 9.48 Å². The van der Waals surface area contributed by atoms with Crippen LogP contribution < -0.4 is 10.6 Å². The van der Waals surface area contributed by atoms with Gasteiger partial charge in [-0.2, -0.15) is 5.10 Å². The van der Waals surface area contributed by atoms with Gasteiger partial charge < -0.3 is 10.6 Å². The molecule has 0 aliphatic heterocycles. The van der Waals surface area contributed by atoms with Crippen LogP contribution in [0.3, 0.4) is 0 Å². The molecule has 0 aliphatic rings. The van der Waals surface area contributed by atoms with Crippen LogP contribution in [-0.4, -0.2) is 28.3 Å². The Morgan fingerprint density at radius 1 is 1.67 bits per heavy atom. The van der Waals surface area contributed by atoms with Crippen molar-refractivity contribution in [3.05, 3.63) is 12.4 Å². The lowest BCUT2D eigenvalue weighted by Crippen LogP contribution is -2.37. The minimum absolute atomic E-state index is 0.0145. The number of carbonyl (C=O) groups is 1. The number of hydrogen-bond donors (Lipinski definition) is 2. The maximum atomic E-state index is 11.5. The van der Waals surface area contributed by atoms with Crippen molar-refractivity contribution in [1.29, 1.82) is 0 Å². The minimum atomic E-state index is -0.235. The van der Waals surface area contributed by atoms with E-state index in [0.717, 1.165) is 18.7 Å². The summed E-state index contributed by atoms with van der Waals surface area (Å²) in [5, 5.41) is 9.92. The summed E-state index contributed by atoms with van der Waals surface area (Å²) in [5.41, 5.74) is 0.858. The quantitative estimate of drug-likeness (QED) is 0.754. The third-order valence-corrected chi connectivity index (χ3v) is 2.03. The van der Waals surface area contributed by atoms with E-state index in [1.807, 2.05) is 27.1 Å². The molecule has 5 heteroatoms. The maximum Gasteiger partial charge on any atom is 0.242 e. The lowest BCUT2D eigenvalue weighted by atomic mass is 10.3. The first-order chi connectivity index (χ1) is 7.13. The number of rotatable bonds is 5. The summed E-state index contributed by atoms with van der Waals surface area (Å²) in [6.45, 7) is 4.58. The first kappa shape index (κ1) is 11.6. The van der Waals surface area contributed by atoms with E-state index in [4.69, 9.17) is 0 Å². The highest BCUT2D eigenvalue weighted by atomic mass is 16.2. The van der Waals surface area contributed by atoms with Crippen LogP contribution in [0.2, 0.25) is 0 Å². The lowest BCUT2D eigenvalue weighted by molar-refractivity contribution is -0.121. The second-order valence-corrected chi connectivity index (χ2v) is 3.56. The molecule has 1 rings (SSSR count). The lowest BCUT2D eigenvalue weighted by Gasteiger charge is -2.13. The highest BCUT2D eigenvalue weighted by Crippen LogP contribution is 2.05. The zero-order chi connectivity index (χ0) is 11.3. The fourth-order valence-electron chi connectivity index (χ4n) is 1.21. The maximum absolute atomic E-state index is 11.5. The number of nitrogens with one attached hydrogen (secondary N) is 2. The zero-order valence-corrected chi connectivity index (χ0v) is 9.45. The van der Waals surface area contributed by atoms with Gasteiger partial charge in [0.1, 0.15) is 6.04 Å². The van der Waals surface area contributed by atoms with Crippen molar-refractivity contribution in [2.75, 3.05) is 11.9 Å². The molecule has 0 saturated carbocycles. The Balaban J connectivity index is 2.41. The third-order valence-electron chi connectivity index (χ3n) is 2.03. The molecule has 2 N–H and O–H groups in total. The summed E-state index contributed by atoms with van der Waals surface area (Å²) >= 11 is 0. The molecule has 15 heavy (non-hydrogen) atoms. The average Bonchev–Trinajstić information content (AvgIpc) is 2.60. The smallest absolute Gasteiger partial charge is 0.242 e. The number of nitrogens with zero attached hydrogens (tertiary/aromatic N) is 2. The summed E-state index contributed by atoms with van der Waals surface area (Å²) in [4.78, 5) is 11.5. The van der Waals surface area contributed by atoms with Gasteiger partial charge in [-0.15, -0.1) is 0 Å². The molecule has 0 radical (unpaired) electrons. The fraction of sp³-hybridized carbons (Fsp3) is 0.600. The number of hydrogen-bond acceptors (Lipinski definition) is 3. The fourth-order valence-corrected chi connectivity index (χ4v) is 1.21. The van der Waals surface area contributed by atoms with Gasteiger partial charge in [-0.25, -0.2) is 0 Å². The Kier molecular flexibility index (Phi) is 4.15. The van der Waals surface area contributed by atoms with Crippen molar-refractivity contribution in [3.63, 3.8) is 0 Å². The van der Waals surface area contributed by atoms with Crippen LogP contribution in [0.1, 0.15) is 20.3 Å². The van der Waals surface area contributed by atoms with E-state index < -0.39 is 0 Å². The second kappa shape index (κ2) is 5.38. The monoisotopic (exact) mass is 210 g/mol. The van der Waals surface area contributed by atoms with Crippen molar-refractivity contribution in [2.45, 2.75) is 26.3 Å². The molecule has 1 aromatic rings. The predicted octanol–water partition coefficient (Wildman–Crippen LogP) is 0.747. The number of anilines is 1. The van der Waals surface area contributed by atoms with Crippen LogP contribution in [0.5, 0.6) is 0 Å². The van der Waals surface area contributed by atoms with Crippen molar-refractivity contribution in [2.24, 2.45) is 7.05 Å². The van der Waals surface area contributed by atoms with E-state index >= 15 is 0 Å². The highest BCUT2D eigenvalue weighted by Gasteiger charge is 2.11. The Labute approximate surface area is 89.9 Å². The molecular formula is C10H18N4O. The third kappa shape index (κ3) is 3.61. The Bertz CT molecular complexity index is 321. The van der Waals surface area contributed by atoms with E-state index in [1.54, 1.807) is 10.9 Å². The standard InChI is InChI=1S/C10H18N4O/c1-4-5-11-10(15)8(2)13-9-6-12-14(3)7-9/h6-8,13H,4-5H2,1-3H3,(H,11,15). The SMILES string of the molecule is CCCNC(=O)C(C)Nc1cnn(C)c1. The predicted molar refractivity (Wildman–Crippen MR) is 59.6 cm³/mol. The molecule has 0 spiro atoms. The molecule has 0 saturated heterocycles. The molecule has 0 aromatic carbocycles. The van der Waals surface area contributed by atoms with Gasteiger partial charge in [0, 0.05) is 19.8 Å². The summed E-state index contributed by atoms with van der Waals surface area (Å²) in [6, 6.07) is -0.235. The molecule has 1 heterocycles. The van der Waals surface area contributed by atoms with Gasteiger partial charge in [0.05, 0.1) is 11.9 Å². The van der Waals surface area contributed by atoms with E-state index in [-0.39, 0.29) is 11.9 Å². The number of aromatic nitrogens is 2. The van der Waals surface area contributed by atoms with Gasteiger partial charge >= 0.3 is 0 Å². The van der Waals surface area contributed by atoms with Crippen molar-refractivity contribution in [1.82, 2.24) is 15.1 Å². The van der Waals surface area contributed by atoms with Crippen LogP contribution in [-0.2, 0) is 11.8 Å². The topological polar surface area (TPSA) is 59.0 Å². The summed E-state index contributed by atoms with van der Waals surface area (Å²) in [6.07, 6.45) is 4.48. The van der Waals surface area contributed by atoms with Crippen molar-refractivity contribution in [3.8, 4) is 0 Å². The van der Waals surface area contributed by atoms with Gasteiger partial charge in [-0.1, -0.05) is 6.92 Å². The normalized spacial score (nSPS) is 12.2. The van der Waals surface area contributed by atoms with Crippen LogP contribution in [0.4, 0.5) is 5.69 Å². The Morgan fingerprint density at radius 3 is 2.93 bits per heavy atom. The molecule has 1 amide bonds. The molecule has 0 fully saturated rings. The first-order valence-electron chi connectivity index (χ1n) is 5.16. The average molecular weight is 210 g/mol. The van der Waals surface area contributed by atoms with Gasteiger partial charge in [0.15, 0.2) is 0 Å². The largest absolute Gasteiger partial charge is 0.371 e. The summed E-state index contributed by atoms with van der Waals surface area (Å²) < 4.78 is 1.69. The van der Waals surface area contributed by atoms with Crippen LogP contribution >= 0.6 is 0 Å². The second-order valence-electron chi connectivity index (χ2n) is 3.56. The molecule has 5 nitrogen and oxygen atoms in total. The Hall–Kier alpha value is -1.52. The molecule has 1 atom stereocenters. The molecule has 1 unspecified atom stereocenters. The van der Waals surface area contributed by atoms with E-state index in [2.05, 4.69) is 15.7 Å². The van der Waals surface area contributed by atoms with Crippen LogP contribution in [0.25, 0.3) is 0 Å². The van der Waals surface area contributed by atoms with E-state index in [9.17, 15) is 4.79 Å². The van der Waals surface area contributed by atoms with E-state index in [0.29, 0.717) is 0 Å². The molecule has 84 valence electrons. The summed E-state index contributed by atoms with van der Waals surface area (Å²) in [7, 11) is 1.84.